The van der Waals surface area contributed by atoms with Crippen molar-refractivity contribution in [2.75, 3.05) is 0 Å². The molecule has 8 heavy (non-hydrogen) atoms. The van der Waals surface area contributed by atoms with Crippen LogP contribution in [0, 0.1) is 0 Å². The van der Waals surface area contributed by atoms with E-state index in [0.29, 0.717) is 0 Å². The summed E-state index contributed by atoms with van der Waals surface area (Å²) in [5.41, 5.74) is 0. The van der Waals surface area contributed by atoms with Crippen molar-refractivity contribution in [2.45, 2.75) is 0 Å². The van der Waals surface area contributed by atoms with E-state index in [9.17, 15) is 0 Å². The maximum Gasteiger partial charge on any atom is 0.0671 e. The van der Waals surface area contributed by atoms with Crippen LogP contribution in [-0.4, -0.2) is 0 Å². The lowest BCUT2D eigenvalue weighted by Gasteiger charge is -1.58. The van der Waals surface area contributed by atoms with Gasteiger partial charge in [-0.1, -0.05) is 8.94 Å². The Bertz CT molecular complexity index is 168. The third-order valence-electron chi connectivity index (χ3n) is 0.177. The Kier molecular flexibility index (Phi) is 7.15. The maximum atomic E-state index is 4.43. The molecule has 8 heteroatoms. The summed E-state index contributed by atoms with van der Waals surface area (Å²) >= 11 is 8.49. The second kappa shape index (κ2) is 7.08. The number of hydrogen-bond donors (Lipinski definition) is 0. The van der Waals surface area contributed by atoms with Gasteiger partial charge in [-0.3, -0.25) is 0 Å². The molecular weight excluding hydrogens is 184 g/mol. The average molecular weight is 184 g/mol. The van der Waals surface area contributed by atoms with E-state index in [1.807, 2.05) is 0 Å². The Labute approximate surface area is 62.1 Å². The average Bonchev–Trinajstić information content (AvgIpc) is 1.81. The summed E-state index contributed by atoms with van der Waals surface area (Å²) in [6, 6.07) is 0. The van der Waals surface area contributed by atoms with Gasteiger partial charge in [0.2, 0.25) is 0 Å². The largest absolute Gasteiger partial charge is 0.0671 e. The topological polar surface area (TPSA) is 49.4 Å². The fraction of sp³-hybridized carbons (Fsp3) is 0. The molecule has 0 aliphatic carbocycles. The fourth-order valence-corrected chi connectivity index (χ4v) is 0.600. The lowest BCUT2D eigenvalue weighted by molar-refractivity contribution is 0.988. The zero-order valence-electron chi connectivity index (χ0n) is 3.42. The van der Waals surface area contributed by atoms with Gasteiger partial charge in [0.25, 0.3) is 0 Å². The molecule has 0 aliphatic heterocycles. The van der Waals surface area contributed by atoms with Crippen molar-refractivity contribution in [1.29, 1.82) is 0 Å². The second-order valence-electron chi connectivity index (χ2n) is 0.485. The highest BCUT2D eigenvalue weighted by Crippen LogP contribution is 1.72. The predicted octanol–water partition coefficient (Wildman–Crippen LogP) is 0.725. The molecule has 0 fully saturated rings. The van der Waals surface area contributed by atoms with E-state index in [1.54, 1.807) is 0 Å². The molecule has 0 atom stereocenters. The Hall–Kier alpha value is 0.0800. The van der Waals surface area contributed by atoms with Crippen LogP contribution in [0.15, 0.2) is 19.4 Å². The Balaban J connectivity index is 3.76. The highest BCUT2D eigenvalue weighted by molar-refractivity contribution is 8.39. The van der Waals surface area contributed by atoms with E-state index in [0.717, 1.165) is 19.0 Å². The summed E-state index contributed by atoms with van der Waals surface area (Å²) in [6.07, 6.45) is 0. The molecule has 0 saturated heterocycles. The summed E-state index contributed by atoms with van der Waals surface area (Å²) in [6.45, 7) is 0. The second-order valence-corrected chi connectivity index (χ2v) is 3.18. The highest BCUT2D eigenvalue weighted by atomic mass is 33.1. The summed E-state index contributed by atoms with van der Waals surface area (Å²) < 4.78 is 6.25. The van der Waals surface area contributed by atoms with Crippen LogP contribution < -0.4 is 0 Å². The van der Waals surface area contributed by atoms with Crippen molar-refractivity contribution in [3.63, 3.8) is 0 Å². The summed E-state index contributed by atoms with van der Waals surface area (Å²) in [4.78, 5) is 0. The molecule has 0 N–H and O–H groups in total. The first-order valence-corrected chi connectivity index (χ1v) is 4.70. The molecule has 0 rings (SSSR count). The molecule has 0 aromatic rings. The molecule has 0 unspecified atom stereocenters. The molecule has 44 valence electrons. The molecule has 0 aliphatic rings. The quantitative estimate of drug-likeness (QED) is 0.469. The van der Waals surface area contributed by atoms with Gasteiger partial charge in [0, 0.05) is 20.1 Å². The van der Waals surface area contributed by atoms with Crippen LogP contribution in [0.1, 0.15) is 0 Å². The van der Waals surface area contributed by atoms with E-state index in [1.165, 1.54) is 0 Å². The normalized spacial score (nSPS) is 8.50. The van der Waals surface area contributed by atoms with Gasteiger partial charge in [-0.25, -0.2) is 0 Å². The van der Waals surface area contributed by atoms with Crippen LogP contribution in [0.2, 0.25) is 0 Å². The van der Waals surface area contributed by atoms with E-state index in [-0.39, 0.29) is 0 Å². The minimum absolute atomic E-state index is 1.04. The first-order chi connectivity index (χ1) is 3.91. The van der Waals surface area contributed by atoms with Gasteiger partial charge >= 0.3 is 0 Å². The van der Waals surface area contributed by atoms with Gasteiger partial charge in [-0.2, -0.15) is 0 Å². The molecule has 0 aromatic heterocycles. The van der Waals surface area contributed by atoms with Crippen molar-refractivity contribution in [2.24, 2.45) is 19.4 Å². The zero-order valence-corrected chi connectivity index (χ0v) is 6.69. The van der Waals surface area contributed by atoms with Gasteiger partial charge in [-0.15, -0.1) is 0 Å². The molecule has 0 amide bonds. The standard InChI is InChI=1S/N4S4/c5-3-1-2-4-7-8-6/b2-1+. The Morgan fingerprint density at radius 2 is 2.00 bits per heavy atom. The predicted molar refractivity (Wildman–Crippen MR) is 39.2 cm³/mol. The molecular formula is N4S4. The summed E-state index contributed by atoms with van der Waals surface area (Å²) in [5.74, 6) is 0. The molecule has 0 saturated carbocycles. The van der Waals surface area contributed by atoms with Crippen molar-refractivity contribution in [1.82, 2.24) is 0 Å². The van der Waals surface area contributed by atoms with Gasteiger partial charge < -0.3 is 0 Å². The van der Waals surface area contributed by atoms with Gasteiger partial charge in [0.15, 0.2) is 0 Å². The molecule has 0 radical (unpaired) electrons. The monoisotopic (exact) mass is 184 g/mol. The van der Waals surface area contributed by atoms with Crippen molar-refractivity contribution in [3.05, 3.63) is 0 Å². The van der Waals surface area contributed by atoms with Gasteiger partial charge in [0.1, 0.15) is 0 Å². The van der Waals surface area contributed by atoms with Crippen LogP contribution in [0.25, 0.3) is 0 Å². The number of hydrogen-bond acceptors (Lipinski definition) is 2. The van der Waals surface area contributed by atoms with Crippen LogP contribution in [0.3, 0.4) is 0 Å². The van der Waals surface area contributed by atoms with E-state index >= 15 is 0 Å². The molecule has 0 spiro atoms. The van der Waals surface area contributed by atoms with Gasteiger partial charge in [0.05, 0.1) is 22.5 Å². The van der Waals surface area contributed by atoms with Crippen LogP contribution in [-0.2, 0) is 42.6 Å². The summed E-state index contributed by atoms with van der Waals surface area (Å²) in [7, 11) is 2.09. The number of rotatable bonds is 2. The third kappa shape index (κ3) is 6.08. The smallest absolute Gasteiger partial charge is 0.0574 e. The van der Waals surface area contributed by atoms with Crippen LogP contribution in [0.4, 0.5) is 0 Å². The third-order valence-corrected chi connectivity index (χ3v) is 1.38. The fourth-order valence-electron chi connectivity index (χ4n) is 0.0612. The minimum atomic E-state index is 1.04. The van der Waals surface area contributed by atoms with E-state index < -0.39 is 0 Å². The zero-order chi connectivity index (χ0) is 6.24. The molecule has 0 heterocycles. The SMILES string of the molecule is S=N/N=N/N=S=S=S. The maximum absolute atomic E-state index is 4.43. The van der Waals surface area contributed by atoms with Crippen LogP contribution in [0.5, 0.6) is 0 Å². The lowest BCUT2D eigenvalue weighted by atomic mass is 12.6. The van der Waals surface area contributed by atoms with Gasteiger partial charge in [-0.05, 0) is 10.4 Å². The van der Waals surface area contributed by atoms with Crippen molar-refractivity contribution < 1.29 is 0 Å². The molecule has 0 bridgehead atoms. The first-order valence-electron chi connectivity index (χ1n) is 1.30. The van der Waals surface area contributed by atoms with E-state index in [2.05, 4.69) is 43.0 Å². The Morgan fingerprint density at radius 3 is 2.50 bits per heavy atom. The first kappa shape index (κ1) is 8.08. The van der Waals surface area contributed by atoms with Crippen LogP contribution >= 0.6 is 0 Å². The molecule has 4 nitrogen and oxygen atoms in total. The van der Waals surface area contributed by atoms with Crippen molar-refractivity contribution in [3.8, 4) is 0 Å². The Morgan fingerprint density at radius 1 is 1.25 bits per heavy atom. The lowest BCUT2D eigenvalue weighted by Crippen LogP contribution is -1.41. The van der Waals surface area contributed by atoms with E-state index in [4.69, 9.17) is 0 Å². The minimum Gasteiger partial charge on any atom is -0.0574 e. The number of nitrogens with zero attached hydrogens (tertiary/aromatic N) is 4. The highest BCUT2D eigenvalue weighted by Gasteiger charge is 1.54. The molecule has 0 aromatic carbocycles. The van der Waals surface area contributed by atoms with Crippen molar-refractivity contribution >= 4 is 42.6 Å². The summed E-state index contributed by atoms with van der Waals surface area (Å²) in [5, 5.41) is 6.16.